The molecule has 0 radical (unpaired) electrons. The van der Waals surface area contributed by atoms with E-state index in [1.165, 1.54) is 30.4 Å². The summed E-state index contributed by atoms with van der Waals surface area (Å²) < 4.78 is 6.13. The van der Waals surface area contributed by atoms with E-state index in [1.807, 2.05) is 30.3 Å². The normalized spacial score (nSPS) is 19.5. The van der Waals surface area contributed by atoms with Crippen LogP contribution in [0.4, 0.5) is 0 Å². The maximum absolute atomic E-state index is 11.2. The zero-order valence-electron chi connectivity index (χ0n) is 17.6. The second kappa shape index (κ2) is 9.78. The Labute approximate surface area is 175 Å². The van der Waals surface area contributed by atoms with Gasteiger partial charge >= 0.3 is 0 Å². The molecule has 1 amide bonds. The van der Waals surface area contributed by atoms with Gasteiger partial charge in [-0.15, -0.1) is 0 Å². The van der Waals surface area contributed by atoms with E-state index >= 15 is 0 Å². The molecule has 2 aromatic carbocycles. The van der Waals surface area contributed by atoms with Crippen LogP contribution in [0.5, 0.6) is 5.75 Å². The molecule has 0 spiro atoms. The molecule has 1 saturated carbocycles. The molecule has 2 aromatic rings. The quantitative estimate of drug-likeness (QED) is 0.550. The number of carbonyl (C=O) groups is 1. The van der Waals surface area contributed by atoms with E-state index in [-0.39, 0.29) is 11.5 Å². The van der Waals surface area contributed by atoms with Gasteiger partial charge in [-0.05, 0) is 74.6 Å². The van der Waals surface area contributed by atoms with E-state index in [2.05, 4.69) is 50.3 Å². The molecule has 0 bridgehead atoms. The van der Waals surface area contributed by atoms with Crippen molar-refractivity contribution in [2.24, 2.45) is 11.7 Å². The first-order valence-corrected chi connectivity index (χ1v) is 10.7. The van der Waals surface area contributed by atoms with Gasteiger partial charge in [0.1, 0.15) is 11.4 Å². The van der Waals surface area contributed by atoms with Crippen LogP contribution in [0.25, 0.3) is 0 Å². The number of carbonyl (C=O) groups excluding carboxylic acids is 1. The Morgan fingerprint density at radius 3 is 2.59 bits per heavy atom. The number of primary amides is 1. The van der Waals surface area contributed by atoms with Gasteiger partial charge in [-0.3, -0.25) is 4.79 Å². The molecule has 1 aliphatic rings. The van der Waals surface area contributed by atoms with Crippen molar-refractivity contribution in [3.05, 3.63) is 77.9 Å². The third-order valence-corrected chi connectivity index (χ3v) is 5.76. The maximum atomic E-state index is 11.2. The largest absolute Gasteiger partial charge is 0.488 e. The van der Waals surface area contributed by atoms with Crippen LogP contribution in [0.1, 0.15) is 63.0 Å². The fraction of sp³-hybridized carbons (Fsp3) is 0.423. The summed E-state index contributed by atoms with van der Waals surface area (Å²) in [6.07, 6.45) is 10.3. The Morgan fingerprint density at radius 1 is 1.10 bits per heavy atom. The number of hydrogen-bond donors (Lipinski definition) is 1. The van der Waals surface area contributed by atoms with E-state index in [4.69, 9.17) is 10.5 Å². The van der Waals surface area contributed by atoms with Crippen molar-refractivity contribution in [1.82, 2.24) is 0 Å². The van der Waals surface area contributed by atoms with E-state index in [1.54, 1.807) is 0 Å². The number of allylic oxidation sites excluding steroid dienone is 1. The van der Waals surface area contributed by atoms with E-state index in [0.29, 0.717) is 18.3 Å². The summed E-state index contributed by atoms with van der Waals surface area (Å²) >= 11 is 0. The number of nitrogens with two attached hydrogens (primary N) is 1. The molecule has 1 aliphatic carbocycles. The summed E-state index contributed by atoms with van der Waals surface area (Å²) in [5.74, 6) is 1.87. The van der Waals surface area contributed by atoms with Gasteiger partial charge in [0.2, 0.25) is 5.91 Å². The van der Waals surface area contributed by atoms with Crippen molar-refractivity contribution in [1.29, 1.82) is 0 Å². The van der Waals surface area contributed by atoms with Gasteiger partial charge in [0.05, 0.1) is 0 Å². The van der Waals surface area contributed by atoms with Crippen molar-refractivity contribution < 1.29 is 9.53 Å². The molecule has 154 valence electrons. The van der Waals surface area contributed by atoms with Crippen molar-refractivity contribution in [2.45, 2.75) is 63.9 Å². The minimum absolute atomic E-state index is 0.225. The van der Waals surface area contributed by atoms with Crippen LogP contribution in [-0.4, -0.2) is 11.5 Å². The number of para-hydroxylation sites is 1. The van der Waals surface area contributed by atoms with E-state index in [9.17, 15) is 4.79 Å². The summed E-state index contributed by atoms with van der Waals surface area (Å²) in [7, 11) is 0. The highest BCUT2D eigenvalue weighted by molar-refractivity contribution is 5.74. The van der Waals surface area contributed by atoms with Crippen molar-refractivity contribution in [3.8, 4) is 5.75 Å². The van der Waals surface area contributed by atoms with Crippen LogP contribution in [-0.2, 0) is 11.2 Å². The Bertz CT molecular complexity index is 826. The second-order valence-corrected chi connectivity index (χ2v) is 8.74. The lowest BCUT2D eigenvalue weighted by Gasteiger charge is -2.25. The van der Waals surface area contributed by atoms with Crippen LogP contribution in [0.2, 0.25) is 0 Å². The topological polar surface area (TPSA) is 52.3 Å². The molecule has 3 nitrogen and oxygen atoms in total. The summed E-state index contributed by atoms with van der Waals surface area (Å²) in [6.45, 7) is 4.27. The minimum atomic E-state index is -0.229. The van der Waals surface area contributed by atoms with Crippen LogP contribution < -0.4 is 10.5 Å². The molecule has 2 unspecified atom stereocenters. The molecular formula is C26H33NO2. The number of ether oxygens (including phenoxy) is 1. The molecule has 2 N–H and O–H groups in total. The van der Waals surface area contributed by atoms with Crippen LogP contribution in [0.3, 0.4) is 0 Å². The molecule has 0 heterocycles. The van der Waals surface area contributed by atoms with Gasteiger partial charge in [0.15, 0.2) is 0 Å². The number of hydrogen-bond acceptors (Lipinski definition) is 2. The van der Waals surface area contributed by atoms with E-state index < -0.39 is 0 Å². The summed E-state index contributed by atoms with van der Waals surface area (Å²) in [4.78, 5) is 11.2. The predicted molar refractivity (Wildman–Crippen MR) is 119 cm³/mol. The number of aryl methyl sites for hydroxylation is 1. The molecular weight excluding hydrogens is 358 g/mol. The van der Waals surface area contributed by atoms with Gasteiger partial charge < -0.3 is 10.5 Å². The lowest BCUT2D eigenvalue weighted by molar-refractivity contribution is -0.117. The zero-order chi connectivity index (χ0) is 20.7. The summed E-state index contributed by atoms with van der Waals surface area (Å²) in [5.41, 5.74) is 7.80. The van der Waals surface area contributed by atoms with Crippen molar-refractivity contribution in [2.75, 3.05) is 0 Å². The maximum Gasteiger partial charge on any atom is 0.217 e. The standard InChI is InChI=1S/C26H33NO2/c1-26(2,29-23-11-4-3-5-12-23)18-8-9-20-14-15-22(19-20)24-13-7-6-10-21(24)16-17-25(27)28/h3-13,20,22H,14-19H2,1-2H3,(H2,27,28)/b9-8+. The van der Waals surface area contributed by atoms with Crippen LogP contribution >= 0.6 is 0 Å². The minimum Gasteiger partial charge on any atom is -0.488 e. The summed E-state index contributed by atoms with van der Waals surface area (Å²) in [5, 5.41) is 0. The smallest absolute Gasteiger partial charge is 0.217 e. The highest BCUT2D eigenvalue weighted by Crippen LogP contribution is 2.40. The lowest BCUT2D eigenvalue weighted by Crippen LogP contribution is -2.27. The van der Waals surface area contributed by atoms with Crippen molar-refractivity contribution in [3.63, 3.8) is 0 Å². The first-order chi connectivity index (χ1) is 13.9. The third-order valence-electron chi connectivity index (χ3n) is 5.76. The Morgan fingerprint density at radius 2 is 1.83 bits per heavy atom. The molecule has 29 heavy (non-hydrogen) atoms. The average molecular weight is 392 g/mol. The predicted octanol–water partition coefficient (Wildman–Crippen LogP) is 5.79. The number of amides is 1. The molecule has 2 atom stereocenters. The Kier molecular flexibility index (Phi) is 7.13. The molecule has 0 saturated heterocycles. The van der Waals surface area contributed by atoms with E-state index in [0.717, 1.165) is 18.6 Å². The average Bonchev–Trinajstić information content (AvgIpc) is 3.15. The fourth-order valence-electron chi connectivity index (χ4n) is 4.29. The van der Waals surface area contributed by atoms with Gasteiger partial charge in [-0.1, -0.05) is 54.6 Å². The second-order valence-electron chi connectivity index (χ2n) is 8.74. The first kappa shape index (κ1) is 21.2. The van der Waals surface area contributed by atoms with Crippen LogP contribution in [0, 0.1) is 5.92 Å². The van der Waals surface area contributed by atoms with Gasteiger partial charge in [0.25, 0.3) is 0 Å². The SMILES string of the molecule is CC(C)(C/C=C/C1CCC(c2ccccc2CCC(N)=O)C1)Oc1ccccc1. The molecule has 3 rings (SSSR count). The number of benzene rings is 2. The van der Waals surface area contributed by atoms with Crippen LogP contribution in [0.15, 0.2) is 66.7 Å². The Balaban J connectivity index is 1.54. The van der Waals surface area contributed by atoms with Gasteiger partial charge in [-0.2, -0.15) is 0 Å². The third kappa shape index (κ3) is 6.49. The lowest BCUT2D eigenvalue weighted by atomic mass is 9.90. The van der Waals surface area contributed by atoms with Gasteiger partial charge in [0, 0.05) is 12.8 Å². The Hall–Kier alpha value is -2.55. The highest BCUT2D eigenvalue weighted by Gasteiger charge is 2.26. The van der Waals surface area contributed by atoms with Gasteiger partial charge in [-0.25, -0.2) is 0 Å². The molecule has 1 fully saturated rings. The first-order valence-electron chi connectivity index (χ1n) is 10.7. The highest BCUT2D eigenvalue weighted by atomic mass is 16.5. The zero-order valence-corrected chi connectivity index (χ0v) is 17.6. The van der Waals surface area contributed by atoms with Crippen molar-refractivity contribution >= 4 is 5.91 Å². The monoisotopic (exact) mass is 391 g/mol. The summed E-state index contributed by atoms with van der Waals surface area (Å²) in [6, 6.07) is 18.5. The fourth-order valence-corrected chi connectivity index (χ4v) is 4.29. The number of rotatable bonds is 9. The molecule has 0 aliphatic heterocycles. The molecule has 3 heteroatoms. The molecule has 0 aromatic heterocycles.